The molecule has 1 heterocycles. The van der Waals surface area contributed by atoms with E-state index in [0.29, 0.717) is 0 Å². The van der Waals surface area contributed by atoms with Crippen molar-refractivity contribution in [3.8, 4) is 0 Å². The van der Waals surface area contributed by atoms with Crippen molar-refractivity contribution < 1.29 is 58.3 Å². The summed E-state index contributed by atoms with van der Waals surface area (Å²) in [7, 11) is -5.83. The first-order valence-electron chi connectivity index (χ1n) is 9.09. The van der Waals surface area contributed by atoms with Crippen molar-refractivity contribution >= 4 is 16.1 Å². The van der Waals surface area contributed by atoms with Gasteiger partial charge in [0.1, 0.15) is 13.2 Å². The van der Waals surface area contributed by atoms with Crippen LogP contribution in [0.3, 0.4) is 0 Å². The first kappa shape index (κ1) is 22.1. The Labute approximate surface area is 166 Å². The van der Waals surface area contributed by atoms with Crippen molar-refractivity contribution in [1.82, 2.24) is 0 Å². The molecule has 1 aliphatic heterocycles. The van der Waals surface area contributed by atoms with Crippen LogP contribution >= 0.6 is 0 Å². The van der Waals surface area contributed by atoms with E-state index in [1.165, 1.54) is 0 Å². The van der Waals surface area contributed by atoms with Crippen LogP contribution in [0.25, 0.3) is 0 Å². The summed E-state index contributed by atoms with van der Waals surface area (Å²) < 4.78 is 127. The average Bonchev–Trinajstić information content (AvgIpc) is 2.92. The van der Waals surface area contributed by atoms with E-state index in [4.69, 9.17) is 14.0 Å². The molecule has 1 saturated heterocycles. The summed E-state index contributed by atoms with van der Waals surface area (Å²) in [4.78, 5) is 12.7. The third-order valence-corrected chi connectivity index (χ3v) is 7.94. The molecule has 5 atom stereocenters. The van der Waals surface area contributed by atoms with Gasteiger partial charge < -0.3 is 14.2 Å². The maximum Gasteiger partial charge on any atom is 0.402 e. The number of halogens is 6. The van der Waals surface area contributed by atoms with E-state index in [1.54, 1.807) is 0 Å². The summed E-state index contributed by atoms with van der Waals surface area (Å²) >= 11 is 0. The highest BCUT2D eigenvalue weighted by molar-refractivity contribution is 7.86. The second-order valence-corrected chi connectivity index (χ2v) is 10.0. The quantitative estimate of drug-likeness (QED) is 0.384. The molecular weight excluding hydrogens is 450 g/mol. The summed E-state index contributed by atoms with van der Waals surface area (Å²) in [6, 6.07) is 0. The second-order valence-electron chi connectivity index (χ2n) is 8.50. The van der Waals surface area contributed by atoms with Gasteiger partial charge in [0, 0.05) is 5.41 Å². The highest BCUT2D eigenvalue weighted by atomic mass is 32.2. The van der Waals surface area contributed by atoms with Gasteiger partial charge in [-0.3, -0.25) is 9.35 Å². The molecule has 7 nitrogen and oxygen atoms in total. The fourth-order valence-corrected chi connectivity index (χ4v) is 5.73. The number of alkyl halides is 6. The van der Waals surface area contributed by atoms with Gasteiger partial charge >= 0.3 is 33.2 Å². The van der Waals surface area contributed by atoms with E-state index < -0.39 is 76.0 Å². The molecule has 4 aliphatic rings. The lowest BCUT2D eigenvalue weighted by molar-refractivity contribution is -0.317. The number of ether oxygens (including phenoxy) is 3. The predicted molar refractivity (Wildman–Crippen MR) is 83.7 cm³/mol. The molecule has 2 bridgehead atoms. The zero-order chi connectivity index (χ0) is 22.4. The van der Waals surface area contributed by atoms with E-state index in [1.807, 2.05) is 0 Å². The zero-order valence-corrected chi connectivity index (χ0v) is 16.1. The average molecular weight is 468 g/mol. The Kier molecular flexibility index (Phi) is 4.58. The highest BCUT2D eigenvalue weighted by Gasteiger charge is 2.82. The van der Waals surface area contributed by atoms with Gasteiger partial charge in [0.25, 0.3) is 0 Å². The molecule has 14 heteroatoms. The van der Waals surface area contributed by atoms with Crippen LogP contribution in [0.2, 0.25) is 0 Å². The fourth-order valence-electron chi connectivity index (χ4n) is 5.52. The Morgan fingerprint density at radius 1 is 1.07 bits per heavy atom. The monoisotopic (exact) mass is 468 g/mol. The minimum atomic E-state index is -5.83. The maximum atomic E-state index is 13.8. The van der Waals surface area contributed by atoms with E-state index in [0.717, 1.165) is 0 Å². The maximum absolute atomic E-state index is 13.8. The molecule has 3 aliphatic carbocycles. The largest absolute Gasteiger partial charge is 0.457 e. The van der Waals surface area contributed by atoms with Gasteiger partial charge in [-0.2, -0.15) is 34.8 Å². The zero-order valence-electron chi connectivity index (χ0n) is 15.3. The summed E-state index contributed by atoms with van der Waals surface area (Å²) in [5.74, 6) is -10.4. The third-order valence-electron chi connectivity index (χ3n) is 7.07. The molecule has 4 rings (SSSR count). The van der Waals surface area contributed by atoms with Crippen molar-refractivity contribution in [3.63, 3.8) is 0 Å². The molecule has 1 spiro atoms. The van der Waals surface area contributed by atoms with E-state index in [-0.39, 0.29) is 31.6 Å². The number of hydrogen-bond acceptors (Lipinski definition) is 6. The SMILES string of the molecule is O=C(OCC(F)(F)S(=O)(=O)O)C12CC3CC14C(CC4OCC(F)(F)C(F)(F)CO3)C2. The third kappa shape index (κ3) is 2.75. The summed E-state index contributed by atoms with van der Waals surface area (Å²) in [5, 5.41) is -4.74. The summed E-state index contributed by atoms with van der Waals surface area (Å²) in [5.41, 5.74) is -2.60. The minimum Gasteiger partial charge on any atom is -0.457 e. The first-order chi connectivity index (χ1) is 13.6. The molecule has 0 aromatic rings. The minimum absolute atomic E-state index is 0.0216. The van der Waals surface area contributed by atoms with Crippen molar-refractivity contribution in [2.24, 2.45) is 16.7 Å². The fraction of sp³-hybridized carbons (Fsp3) is 0.938. The lowest BCUT2D eigenvalue weighted by atomic mass is 9.35. The Morgan fingerprint density at radius 2 is 1.67 bits per heavy atom. The summed E-state index contributed by atoms with van der Waals surface area (Å²) in [6.07, 6.45) is -1.90. The van der Waals surface area contributed by atoms with E-state index in [2.05, 4.69) is 4.74 Å². The Morgan fingerprint density at radius 3 is 2.23 bits per heavy atom. The van der Waals surface area contributed by atoms with E-state index >= 15 is 0 Å². The Hall–Kier alpha value is -1.12. The standard InChI is InChI=1S/C16H18F6O7S/c17-14(18)5-27-9-3-12(11(23)29-7-16(21,22)30(24,25)26)2-8-1-10(13(8,12)4-9)28-6-15(14,19)20/h8-10H,1-7H2,(H,24,25,26). The molecular formula is C16H18F6O7S. The van der Waals surface area contributed by atoms with Gasteiger partial charge in [-0.15, -0.1) is 0 Å². The molecule has 0 amide bonds. The molecule has 0 aromatic heterocycles. The highest BCUT2D eigenvalue weighted by Crippen LogP contribution is 2.79. The summed E-state index contributed by atoms with van der Waals surface area (Å²) in [6.45, 7) is -5.15. The lowest BCUT2D eigenvalue weighted by Gasteiger charge is -2.70. The number of esters is 1. The Bertz CT molecular complexity index is 864. The van der Waals surface area contributed by atoms with Gasteiger partial charge in [-0.1, -0.05) is 0 Å². The van der Waals surface area contributed by atoms with Gasteiger partial charge in [0.2, 0.25) is 0 Å². The van der Waals surface area contributed by atoms with Crippen molar-refractivity contribution in [2.75, 3.05) is 19.8 Å². The van der Waals surface area contributed by atoms with Gasteiger partial charge in [0.15, 0.2) is 6.61 Å². The van der Waals surface area contributed by atoms with Crippen molar-refractivity contribution in [3.05, 3.63) is 0 Å². The normalized spacial score (nSPS) is 41.8. The second kappa shape index (κ2) is 6.23. The molecule has 172 valence electrons. The van der Waals surface area contributed by atoms with Crippen LogP contribution in [0.4, 0.5) is 26.3 Å². The van der Waals surface area contributed by atoms with Crippen LogP contribution in [-0.2, 0) is 29.1 Å². The van der Waals surface area contributed by atoms with Crippen LogP contribution in [0.15, 0.2) is 0 Å². The van der Waals surface area contributed by atoms with Gasteiger partial charge in [-0.05, 0) is 31.6 Å². The van der Waals surface area contributed by atoms with E-state index in [9.17, 15) is 39.6 Å². The van der Waals surface area contributed by atoms with Gasteiger partial charge in [-0.25, -0.2) is 0 Å². The number of fused-ring (bicyclic) bond motifs is 1. The van der Waals surface area contributed by atoms with Crippen LogP contribution in [0.5, 0.6) is 0 Å². The smallest absolute Gasteiger partial charge is 0.402 e. The number of rotatable bonds is 4. The van der Waals surface area contributed by atoms with Crippen LogP contribution in [-0.4, -0.2) is 68.1 Å². The topological polar surface area (TPSA) is 99.1 Å². The number of carbonyl (C=O) groups is 1. The van der Waals surface area contributed by atoms with Crippen LogP contribution < -0.4 is 0 Å². The van der Waals surface area contributed by atoms with Gasteiger partial charge in [0.05, 0.1) is 17.6 Å². The van der Waals surface area contributed by atoms with Crippen LogP contribution in [0.1, 0.15) is 25.7 Å². The molecule has 30 heavy (non-hydrogen) atoms. The molecule has 3 saturated carbocycles. The number of hydrogen-bond donors (Lipinski definition) is 1. The molecule has 0 aromatic carbocycles. The lowest BCUT2D eigenvalue weighted by Crippen LogP contribution is -2.73. The van der Waals surface area contributed by atoms with Crippen molar-refractivity contribution in [1.29, 1.82) is 0 Å². The molecule has 1 N–H and O–H groups in total. The van der Waals surface area contributed by atoms with Crippen molar-refractivity contribution in [2.45, 2.75) is 55.0 Å². The van der Waals surface area contributed by atoms with Crippen LogP contribution in [0, 0.1) is 16.7 Å². The molecule has 4 fully saturated rings. The Balaban J connectivity index is 1.58. The predicted octanol–water partition coefficient (Wildman–Crippen LogP) is 2.26. The molecule has 5 unspecified atom stereocenters. The molecule has 0 radical (unpaired) electrons. The number of carbonyl (C=O) groups excluding carboxylic acids is 1. The first-order valence-corrected chi connectivity index (χ1v) is 10.5.